The van der Waals surface area contributed by atoms with Gasteiger partial charge in [-0.2, -0.15) is 18.3 Å². The van der Waals surface area contributed by atoms with Gasteiger partial charge in [-0.1, -0.05) is 24.3 Å². The highest BCUT2D eigenvalue weighted by Crippen LogP contribution is 2.37. The number of carbonyl (C=O) groups excluding carboxylic acids is 1. The SMILES string of the molecule is O=C(c1cccc(Cn2ccnc2)c1)N1CCCCC1c1[nH]ncc1-c1ccc(C(F)(F)F)cc1. The van der Waals surface area contributed by atoms with Gasteiger partial charge in [-0.05, 0) is 54.7 Å². The second kappa shape index (κ2) is 9.40. The van der Waals surface area contributed by atoms with E-state index in [1.807, 2.05) is 39.9 Å². The van der Waals surface area contributed by atoms with Crippen molar-refractivity contribution in [3.8, 4) is 11.1 Å². The molecule has 1 saturated heterocycles. The first-order valence-electron chi connectivity index (χ1n) is 11.5. The Kier molecular flexibility index (Phi) is 6.15. The first-order valence-corrected chi connectivity index (χ1v) is 11.5. The molecule has 4 aromatic rings. The molecule has 1 N–H and O–H groups in total. The van der Waals surface area contributed by atoms with E-state index in [2.05, 4.69) is 15.2 Å². The average Bonchev–Trinajstić information content (AvgIpc) is 3.56. The largest absolute Gasteiger partial charge is 0.416 e. The van der Waals surface area contributed by atoms with Crippen LogP contribution in [0.25, 0.3) is 11.1 Å². The van der Waals surface area contributed by atoms with E-state index in [-0.39, 0.29) is 11.9 Å². The van der Waals surface area contributed by atoms with Crippen LogP contribution in [0.2, 0.25) is 0 Å². The standard InChI is InChI=1S/C26H24F3N5O/c27-26(28,29)21-9-7-19(8-10-21)22-15-31-32-24(22)23-6-1-2-12-34(23)25(35)20-5-3-4-18(14-20)16-33-13-11-30-17-33/h3-5,7-11,13-15,17,23H,1-2,6,12,16H2,(H,31,32). The third-order valence-electron chi connectivity index (χ3n) is 6.39. The van der Waals surface area contributed by atoms with Gasteiger partial charge < -0.3 is 9.47 Å². The van der Waals surface area contributed by atoms with Gasteiger partial charge >= 0.3 is 6.18 Å². The first-order chi connectivity index (χ1) is 16.9. The molecule has 9 heteroatoms. The Labute approximate surface area is 200 Å². The Bertz CT molecular complexity index is 1300. The lowest BCUT2D eigenvalue weighted by Gasteiger charge is -2.36. The van der Waals surface area contributed by atoms with Crippen molar-refractivity contribution in [1.82, 2.24) is 24.6 Å². The maximum absolute atomic E-state index is 13.6. The van der Waals surface area contributed by atoms with Gasteiger partial charge in [-0.25, -0.2) is 4.98 Å². The van der Waals surface area contributed by atoms with Gasteiger partial charge in [0.1, 0.15) is 0 Å². The molecule has 2 aromatic heterocycles. The Morgan fingerprint density at radius 2 is 1.94 bits per heavy atom. The molecule has 0 radical (unpaired) electrons. The molecule has 3 heterocycles. The number of nitrogens with one attached hydrogen (secondary N) is 1. The van der Waals surface area contributed by atoms with E-state index in [0.717, 1.165) is 42.7 Å². The van der Waals surface area contributed by atoms with Crippen LogP contribution in [0.5, 0.6) is 0 Å². The van der Waals surface area contributed by atoms with Crippen molar-refractivity contribution in [3.63, 3.8) is 0 Å². The van der Waals surface area contributed by atoms with Crippen LogP contribution in [0.4, 0.5) is 13.2 Å². The average molecular weight is 480 g/mol. The van der Waals surface area contributed by atoms with Gasteiger partial charge in [0.2, 0.25) is 0 Å². The number of aromatic nitrogens is 4. The molecule has 0 spiro atoms. The van der Waals surface area contributed by atoms with Crippen LogP contribution < -0.4 is 0 Å². The van der Waals surface area contributed by atoms with Crippen LogP contribution in [0.1, 0.15) is 52.5 Å². The molecule has 180 valence electrons. The lowest BCUT2D eigenvalue weighted by atomic mass is 9.93. The number of likely N-dealkylation sites (tertiary alicyclic amines) is 1. The fourth-order valence-electron chi connectivity index (χ4n) is 4.65. The first kappa shape index (κ1) is 22.9. The maximum atomic E-state index is 13.6. The molecular weight excluding hydrogens is 455 g/mol. The van der Waals surface area contributed by atoms with Crippen molar-refractivity contribution in [3.05, 3.63) is 95.8 Å². The van der Waals surface area contributed by atoms with E-state index in [4.69, 9.17) is 0 Å². The molecule has 6 nitrogen and oxygen atoms in total. The number of carbonyl (C=O) groups is 1. The van der Waals surface area contributed by atoms with Crippen LogP contribution in [0, 0.1) is 0 Å². The number of rotatable bonds is 5. The number of hydrogen-bond acceptors (Lipinski definition) is 3. The molecule has 1 unspecified atom stereocenters. The van der Waals surface area contributed by atoms with E-state index in [1.54, 1.807) is 18.7 Å². The zero-order valence-corrected chi connectivity index (χ0v) is 18.9. The van der Waals surface area contributed by atoms with Gasteiger partial charge in [-0.15, -0.1) is 0 Å². The second-order valence-electron chi connectivity index (χ2n) is 8.72. The Hall–Kier alpha value is -3.88. The summed E-state index contributed by atoms with van der Waals surface area (Å²) < 4.78 is 40.9. The number of halogens is 3. The zero-order valence-electron chi connectivity index (χ0n) is 18.9. The topological polar surface area (TPSA) is 66.8 Å². The van der Waals surface area contributed by atoms with E-state index in [9.17, 15) is 18.0 Å². The highest BCUT2D eigenvalue weighted by atomic mass is 19.4. The Balaban J connectivity index is 1.41. The number of H-pyrrole nitrogens is 1. The van der Waals surface area contributed by atoms with E-state index >= 15 is 0 Å². The molecule has 1 aliphatic heterocycles. The normalized spacial score (nSPS) is 16.4. The number of alkyl halides is 3. The van der Waals surface area contributed by atoms with E-state index in [1.165, 1.54) is 12.1 Å². The summed E-state index contributed by atoms with van der Waals surface area (Å²) in [5.74, 6) is -0.0739. The number of benzene rings is 2. The number of hydrogen-bond donors (Lipinski definition) is 1. The molecule has 0 bridgehead atoms. The lowest BCUT2D eigenvalue weighted by molar-refractivity contribution is -0.137. The molecule has 2 aromatic carbocycles. The van der Waals surface area contributed by atoms with Gasteiger partial charge in [0, 0.05) is 36.6 Å². The van der Waals surface area contributed by atoms with Gasteiger partial charge in [0.15, 0.2) is 0 Å². The summed E-state index contributed by atoms with van der Waals surface area (Å²) in [6.07, 6.45) is 5.12. The fourth-order valence-corrected chi connectivity index (χ4v) is 4.65. The summed E-state index contributed by atoms with van der Waals surface area (Å²) in [7, 11) is 0. The van der Waals surface area contributed by atoms with Crippen molar-refractivity contribution in [2.24, 2.45) is 0 Å². The number of piperidine rings is 1. The van der Waals surface area contributed by atoms with Crippen molar-refractivity contribution >= 4 is 5.91 Å². The monoisotopic (exact) mass is 479 g/mol. The summed E-state index contributed by atoms with van der Waals surface area (Å²) in [6.45, 7) is 1.21. The molecule has 0 aliphatic carbocycles. The van der Waals surface area contributed by atoms with Crippen molar-refractivity contribution < 1.29 is 18.0 Å². The van der Waals surface area contributed by atoms with Crippen LogP contribution >= 0.6 is 0 Å². The summed E-state index contributed by atoms with van der Waals surface area (Å²) in [4.78, 5) is 19.5. The van der Waals surface area contributed by atoms with Crippen LogP contribution in [0.15, 0.2) is 73.4 Å². The van der Waals surface area contributed by atoms with Gasteiger partial charge in [0.25, 0.3) is 5.91 Å². The number of aromatic amines is 1. The van der Waals surface area contributed by atoms with Crippen LogP contribution in [-0.4, -0.2) is 37.1 Å². The van der Waals surface area contributed by atoms with Gasteiger partial charge in [0.05, 0.1) is 29.8 Å². The molecule has 5 rings (SSSR count). The summed E-state index contributed by atoms with van der Waals surface area (Å²) in [5, 5.41) is 7.19. The van der Waals surface area contributed by atoms with Crippen LogP contribution in [0.3, 0.4) is 0 Å². The Morgan fingerprint density at radius 1 is 1.11 bits per heavy atom. The third-order valence-corrected chi connectivity index (χ3v) is 6.39. The molecular formula is C26H24F3N5O. The fraction of sp³-hybridized carbons (Fsp3) is 0.269. The van der Waals surface area contributed by atoms with Crippen LogP contribution in [-0.2, 0) is 12.7 Å². The van der Waals surface area contributed by atoms with E-state index < -0.39 is 11.7 Å². The quantitative estimate of drug-likeness (QED) is 0.399. The smallest absolute Gasteiger partial charge is 0.333 e. The third kappa shape index (κ3) is 4.84. The Morgan fingerprint density at radius 3 is 2.69 bits per heavy atom. The summed E-state index contributed by atoms with van der Waals surface area (Å²) in [5.41, 5.74) is 2.97. The second-order valence-corrected chi connectivity index (χ2v) is 8.72. The predicted molar refractivity (Wildman–Crippen MR) is 124 cm³/mol. The highest BCUT2D eigenvalue weighted by Gasteiger charge is 2.33. The lowest BCUT2D eigenvalue weighted by Crippen LogP contribution is -2.39. The number of amides is 1. The summed E-state index contributed by atoms with van der Waals surface area (Å²) >= 11 is 0. The van der Waals surface area contributed by atoms with Gasteiger partial charge in [-0.3, -0.25) is 9.89 Å². The van der Waals surface area contributed by atoms with E-state index in [0.29, 0.717) is 29.8 Å². The molecule has 1 amide bonds. The highest BCUT2D eigenvalue weighted by molar-refractivity contribution is 5.95. The summed E-state index contributed by atoms with van der Waals surface area (Å²) in [6, 6.07) is 12.4. The minimum atomic E-state index is -4.39. The molecule has 1 atom stereocenters. The van der Waals surface area contributed by atoms with Crippen molar-refractivity contribution in [2.45, 2.75) is 38.0 Å². The molecule has 35 heavy (non-hydrogen) atoms. The maximum Gasteiger partial charge on any atom is 0.416 e. The molecule has 1 fully saturated rings. The molecule has 1 aliphatic rings. The zero-order chi connectivity index (χ0) is 24.4. The van der Waals surface area contributed by atoms with Crippen molar-refractivity contribution in [2.75, 3.05) is 6.54 Å². The molecule has 0 saturated carbocycles. The number of nitrogens with zero attached hydrogens (tertiary/aromatic N) is 4. The minimum absolute atomic E-state index is 0.0739. The van der Waals surface area contributed by atoms with Crippen molar-refractivity contribution in [1.29, 1.82) is 0 Å². The number of imidazole rings is 1. The predicted octanol–water partition coefficient (Wildman–Crippen LogP) is 5.71. The minimum Gasteiger partial charge on any atom is -0.333 e.